The van der Waals surface area contributed by atoms with Gasteiger partial charge in [0.2, 0.25) is 0 Å². The highest BCUT2D eigenvalue weighted by molar-refractivity contribution is 7.81. The van der Waals surface area contributed by atoms with E-state index in [9.17, 15) is 26.5 Å². The fourth-order valence-corrected chi connectivity index (χ4v) is 9.94. The van der Waals surface area contributed by atoms with Gasteiger partial charge in [-0.15, -0.1) is 0 Å². The van der Waals surface area contributed by atoms with Gasteiger partial charge >= 0.3 is 20.8 Å². The maximum absolute atomic E-state index is 11.4. The molecule has 0 saturated heterocycles. The van der Waals surface area contributed by atoms with Crippen LogP contribution in [0.1, 0.15) is 91.9 Å². The molecule has 0 amide bonds. The van der Waals surface area contributed by atoms with E-state index in [0.717, 1.165) is 56.9 Å². The van der Waals surface area contributed by atoms with E-state index in [4.69, 9.17) is 12.9 Å². The van der Waals surface area contributed by atoms with Gasteiger partial charge in [-0.25, -0.2) is 8.37 Å². The molecule has 4 rings (SSSR count). The van der Waals surface area contributed by atoms with E-state index in [1.165, 1.54) is 0 Å². The predicted octanol–water partition coefficient (Wildman–Crippen LogP) is 4.99. The lowest BCUT2D eigenvalue weighted by Crippen LogP contribution is -2.56. The fourth-order valence-electron chi connectivity index (χ4n) is 9.11. The molecule has 38 heavy (non-hydrogen) atoms. The summed E-state index contributed by atoms with van der Waals surface area (Å²) in [6.45, 7) is 8.82. The molecule has 0 radical (unpaired) electrons. The molecule has 0 aromatic heterocycles. The van der Waals surface area contributed by atoms with Crippen LogP contribution in [0.3, 0.4) is 0 Å². The number of aliphatic hydroxyl groups excluding tert-OH is 1. The fraction of sp³-hybridized carbons (Fsp3) is 0.926. The summed E-state index contributed by atoms with van der Waals surface area (Å²) in [4.78, 5) is 0. The van der Waals surface area contributed by atoms with Crippen molar-refractivity contribution >= 4 is 20.8 Å². The minimum absolute atomic E-state index is 0.00757. The Morgan fingerprint density at radius 3 is 2.37 bits per heavy atom. The van der Waals surface area contributed by atoms with Gasteiger partial charge in [-0.1, -0.05) is 52.2 Å². The van der Waals surface area contributed by atoms with Crippen LogP contribution in [0.15, 0.2) is 11.6 Å². The van der Waals surface area contributed by atoms with E-state index >= 15 is 0 Å². The van der Waals surface area contributed by atoms with E-state index in [-0.39, 0.29) is 30.3 Å². The number of aliphatic hydroxyl groups is 1. The second-order valence-corrected chi connectivity index (χ2v) is 15.4. The van der Waals surface area contributed by atoms with Crippen LogP contribution in [0.5, 0.6) is 0 Å². The summed E-state index contributed by atoms with van der Waals surface area (Å²) in [5.74, 6) is 1.97. The number of fused-ring (bicyclic) bond motifs is 5. The standard InChI is InChI=1S/C27H46O9S2/c1-17(2)6-5-7-18(16-35-37(29,30)31)22-10-11-23-21-9-8-19-14-20(36-38(32,33)34)15-25(28)27(19,4)24(21)12-13-26(22,23)3/h8,17-18,20-25,28H,5-7,9-16H2,1-4H3,(H,29,30,31)(H,32,33,34)/t18-,20-,21?,22+,23?,24?,25+,26+,27-/m0/s1. The highest BCUT2D eigenvalue weighted by atomic mass is 32.3. The van der Waals surface area contributed by atoms with Gasteiger partial charge in [0.05, 0.1) is 18.8 Å². The van der Waals surface area contributed by atoms with Crippen LogP contribution in [0.2, 0.25) is 0 Å². The third-order valence-corrected chi connectivity index (χ3v) is 11.8. The highest BCUT2D eigenvalue weighted by Gasteiger charge is 2.61. The van der Waals surface area contributed by atoms with Crippen LogP contribution in [-0.2, 0) is 29.2 Å². The first-order valence-corrected chi connectivity index (χ1v) is 16.9. The molecule has 11 heteroatoms. The number of hydrogen-bond acceptors (Lipinski definition) is 7. The van der Waals surface area contributed by atoms with E-state index in [1.807, 2.05) is 0 Å². The SMILES string of the molecule is CC(C)CCC[C@@H](COS(=O)(=O)O)[C@H]1CCC2C3CC=C4C[C@H](OS(=O)(=O)O)C[C@@H](O)[C@]4(C)C3CC[C@@]21C. The number of allylic oxidation sites excluding steroid dienone is 1. The molecule has 3 N–H and O–H groups in total. The summed E-state index contributed by atoms with van der Waals surface area (Å²) in [6, 6.07) is 0. The molecule has 9 atom stereocenters. The van der Waals surface area contributed by atoms with Crippen molar-refractivity contribution in [3.05, 3.63) is 11.6 Å². The Kier molecular flexibility index (Phi) is 8.82. The minimum atomic E-state index is -4.59. The Morgan fingerprint density at radius 1 is 1.03 bits per heavy atom. The van der Waals surface area contributed by atoms with E-state index in [2.05, 4.69) is 33.8 Å². The Labute approximate surface area is 228 Å². The Balaban J connectivity index is 1.55. The summed E-state index contributed by atoms with van der Waals surface area (Å²) >= 11 is 0. The minimum Gasteiger partial charge on any atom is -0.392 e. The molecule has 4 aliphatic rings. The molecule has 3 unspecified atom stereocenters. The van der Waals surface area contributed by atoms with Gasteiger partial charge in [-0.05, 0) is 85.9 Å². The molecule has 9 nitrogen and oxygen atoms in total. The Bertz CT molecular complexity index is 1100. The van der Waals surface area contributed by atoms with Crippen LogP contribution in [0.25, 0.3) is 0 Å². The maximum atomic E-state index is 11.4. The second-order valence-electron chi connectivity index (χ2n) is 13.3. The third kappa shape index (κ3) is 6.19. The first-order valence-electron chi connectivity index (χ1n) is 14.2. The van der Waals surface area contributed by atoms with Crippen molar-refractivity contribution in [2.24, 2.45) is 46.3 Å². The normalized spacial score (nSPS) is 40.3. The zero-order valence-electron chi connectivity index (χ0n) is 23.1. The van der Waals surface area contributed by atoms with Crippen LogP contribution in [0, 0.1) is 46.3 Å². The van der Waals surface area contributed by atoms with Crippen LogP contribution >= 0.6 is 0 Å². The zero-order chi connectivity index (χ0) is 28.1. The van der Waals surface area contributed by atoms with Gasteiger partial charge in [0, 0.05) is 11.8 Å². The lowest BCUT2D eigenvalue weighted by atomic mass is 9.46. The molecule has 0 heterocycles. The van der Waals surface area contributed by atoms with Gasteiger partial charge < -0.3 is 5.11 Å². The summed E-state index contributed by atoms with van der Waals surface area (Å²) in [5, 5.41) is 11.3. The van der Waals surface area contributed by atoms with E-state index in [1.54, 1.807) is 0 Å². The number of rotatable bonds is 10. The van der Waals surface area contributed by atoms with Crippen molar-refractivity contribution in [3.8, 4) is 0 Å². The molecule has 0 aromatic carbocycles. The molecule has 0 aromatic rings. The predicted molar refractivity (Wildman–Crippen MR) is 143 cm³/mol. The van der Waals surface area contributed by atoms with Gasteiger partial charge in [0.25, 0.3) is 0 Å². The summed E-state index contributed by atoms with van der Waals surface area (Å²) in [7, 11) is -9.09. The van der Waals surface area contributed by atoms with E-state index in [0.29, 0.717) is 30.1 Å². The summed E-state index contributed by atoms with van der Waals surface area (Å²) in [5.41, 5.74) is 0.577. The monoisotopic (exact) mass is 578 g/mol. The second kappa shape index (κ2) is 11.0. The van der Waals surface area contributed by atoms with Crippen molar-refractivity contribution < 1.29 is 39.4 Å². The average Bonchev–Trinajstić information content (AvgIpc) is 3.12. The van der Waals surface area contributed by atoms with Crippen LogP contribution < -0.4 is 0 Å². The summed E-state index contributed by atoms with van der Waals surface area (Å²) in [6.07, 6.45) is 8.88. The van der Waals surface area contributed by atoms with Gasteiger partial charge in [-0.3, -0.25) is 9.11 Å². The smallest absolute Gasteiger partial charge is 0.392 e. The maximum Gasteiger partial charge on any atom is 0.397 e. The largest absolute Gasteiger partial charge is 0.397 e. The van der Waals surface area contributed by atoms with Gasteiger partial charge in [-0.2, -0.15) is 16.8 Å². The lowest BCUT2D eigenvalue weighted by molar-refractivity contribution is -0.107. The molecule has 4 aliphatic carbocycles. The molecular weight excluding hydrogens is 532 g/mol. The van der Waals surface area contributed by atoms with E-state index < -0.39 is 38.4 Å². The molecule has 0 spiro atoms. The molecule has 0 bridgehead atoms. The van der Waals surface area contributed by atoms with Crippen molar-refractivity contribution in [3.63, 3.8) is 0 Å². The van der Waals surface area contributed by atoms with Crippen molar-refractivity contribution in [2.75, 3.05) is 6.61 Å². The lowest BCUT2D eigenvalue weighted by Gasteiger charge is -2.59. The van der Waals surface area contributed by atoms with Crippen molar-refractivity contribution in [1.29, 1.82) is 0 Å². The topological polar surface area (TPSA) is 147 Å². The third-order valence-electron chi connectivity index (χ3n) is 10.8. The summed E-state index contributed by atoms with van der Waals surface area (Å²) < 4.78 is 73.7. The molecular formula is C27H46O9S2. The Morgan fingerprint density at radius 2 is 1.74 bits per heavy atom. The Hall–Kier alpha value is -0.560. The quantitative estimate of drug-likeness (QED) is 0.241. The average molecular weight is 579 g/mol. The van der Waals surface area contributed by atoms with Gasteiger partial charge in [0.1, 0.15) is 0 Å². The first kappa shape index (κ1) is 30.4. The zero-order valence-corrected chi connectivity index (χ0v) is 24.7. The van der Waals surface area contributed by atoms with Crippen molar-refractivity contribution in [1.82, 2.24) is 0 Å². The first-order chi connectivity index (χ1) is 17.5. The molecule has 220 valence electrons. The van der Waals surface area contributed by atoms with Crippen molar-refractivity contribution in [2.45, 2.75) is 104 Å². The van der Waals surface area contributed by atoms with Crippen LogP contribution in [0.4, 0.5) is 0 Å². The molecule has 3 saturated carbocycles. The number of hydrogen-bond donors (Lipinski definition) is 3. The molecule has 0 aliphatic heterocycles. The van der Waals surface area contributed by atoms with Crippen LogP contribution in [-0.4, -0.2) is 49.9 Å². The van der Waals surface area contributed by atoms with Gasteiger partial charge in [0.15, 0.2) is 0 Å². The molecule has 3 fully saturated rings. The highest BCUT2D eigenvalue weighted by Crippen LogP contribution is 2.67.